The molecule has 0 aliphatic heterocycles. The third kappa shape index (κ3) is 5.49. The average molecular weight is 359 g/mol. The van der Waals surface area contributed by atoms with Crippen molar-refractivity contribution < 1.29 is 14.3 Å². The van der Waals surface area contributed by atoms with Gasteiger partial charge in [-0.1, -0.05) is 12.1 Å². The first-order valence-corrected chi connectivity index (χ1v) is 8.93. The SMILES string of the molecule is CSc1ncccc1C(=O)OCC(=O)NCc1ccc(N(C)C)cc1. The molecule has 1 aromatic heterocycles. The number of esters is 1. The number of benzene rings is 1. The zero-order chi connectivity index (χ0) is 18.2. The Balaban J connectivity index is 1.81. The fourth-order valence-electron chi connectivity index (χ4n) is 2.08. The van der Waals surface area contributed by atoms with Crippen molar-refractivity contribution in [3.8, 4) is 0 Å². The van der Waals surface area contributed by atoms with Crippen LogP contribution >= 0.6 is 11.8 Å². The molecule has 0 aliphatic rings. The monoisotopic (exact) mass is 359 g/mol. The smallest absolute Gasteiger partial charge is 0.341 e. The molecule has 25 heavy (non-hydrogen) atoms. The molecule has 0 bridgehead atoms. The lowest BCUT2D eigenvalue weighted by molar-refractivity contribution is -0.124. The molecular formula is C18H21N3O3S. The minimum atomic E-state index is -0.553. The lowest BCUT2D eigenvalue weighted by Gasteiger charge is -2.13. The van der Waals surface area contributed by atoms with Crippen molar-refractivity contribution in [3.05, 3.63) is 53.7 Å². The zero-order valence-corrected chi connectivity index (χ0v) is 15.3. The number of hydrogen-bond acceptors (Lipinski definition) is 6. The van der Waals surface area contributed by atoms with Crippen LogP contribution in [0.15, 0.2) is 47.6 Å². The molecule has 1 heterocycles. The van der Waals surface area contributed by atoms with Crippen LogP contribution in [0.5, 0.6) is 0 Å². The lowest BCUT2D eigenvalue weighted by atomic mass is 10.2. The van der Waals surface area contributed by atoms with Gasteiger partial charge in [-0.3, -0.25) is 4.79 Å². The summed E-state index contributed by atoms with van der Waals surface area (Å²) in [6.07, 6.45) is 3.43. The van der Waals surface area contributed by atoms with Gasteiger partial charge < -0.3 is 15.0 Å². The van der Waals surface area contributed by atoms with E-state index < -0.39 is 5.97 Å². The Bertz CT molecular complexity index is 733. The zero-order valence-electron chi connectivity index (χ0n) is 14.5. The van der Waals surface area contributed by atoms with Crippen molar-refractivity contribution in [2.24, 2.45) is 0 Å². The van der Waals surface area contributed by atoms with Crippen LogP contribution in [-0.4, -0.2) is 43.8 Å². The summed E-state index contributed by atoms with van der Waals surface area (Å²) in [5.74, 6) is -0.900. The third-order valence-corrected chi connectivity index (χ3v) is 4.17. The Morgan fingerprint density at radius 2 is 1.92 bits per heavy atom. The van der Waals surface area contributed by atoms with Gasteiger partial charge in [0.25, 0.3) is 5.91 Å². The van der Waals surface area contributed by atoms with Crippen molar-refractivity contribution in [3.63, 3.8) is 0 Å². The van der Waals surface area contributed by atoms with Gasteiger partial charge in [0.05, 0.1) is 5.56 Å². The van der Waals surface area contributed by atoms with E-state index in [2.05, 4.69) is 10.3 Å². The summed E-state index contributed by atoms with van der Waals surface area (Å²) in [5.41, 5.74) is 2.43. The summed E-state index contributed by atoms with van der Waals surface area (Å²) < 4.78 is 5.06. The van der Waals surface area contributed by atoms with Crippen molar-refractivity contribution in [2.75, 3.05) is 31.9 Å². The maximum atomic E-state index is 12.0. The molecule has 0 atom stereocenters. The van der Waals surface area contributed by atoms with Gasteiger partial charge in [0.15, 0.2) is 6.61 Å². The van der Waals surface area contributed by atoms with E-state index in [1.54, 1.807) is 18.3 Å². The van der Waals surface area contributed by atoms with Gasteiger partial charge in [0, 0.05) is 32.5 Å². The van der Waals surface area contributed by atoms with Crippen LogP contribution in [0.1, 0.15) is 15.9 Å². The van der Waals surface area contributed by atoms with Crippen LogP contribution < -0.4 is 10.2 Å². The molecule has 132 valence electrons. The van der Waals surface area contributed by atoms with E-state index in [-0.39, 0.29) is 12.5 Å². The van der Waals surface area contributed by atoms with Gasteiger partial charge in [0.2, 0.25) is 0 Å². The van der Waals surface area contributed by atoms with E-state index in [9.17, 15) is 9.59 Å². The van der Waals surface area contributed by atoms with E-state index in [1.807, 2.05) is 49.5 Å². The first kappa shape index (κ1) is 18.8. The predicted octanol–water partition coefficient (Wildman–Crippen LogP) is 2.34. The number of anilines is 1. The minimum Gasteiger partial charge on any atom is -0.452 e. The summed E-state index contributed by atoms with van der Waals surface area (Å²) in [4.78, 5) is 30.0. The highest BCUT2D eigenvalue weighted by molar-refractivity contribution is 7.98. The van der Waals surface area contributed by atoms with Crippen LogP contribution in [0.2, 0.25) is 0 Å². The molecule has 0 saturated carbocycles. The van der Waals surface area contributed by atoms with E-state index in [0.29, 0.717) is 17.1 Å². The minimum absolute atomic E-state index is 0.322. The highest BCUT2D eigenvalue weighted by Crippen LogP contribution is 2.17. The Morgan fingerprint density at radius 3 is 2.56 bits per heavy atom. The van der Waals surface area contributed by atoms with Gasteiger partial charge in [0.1, 0.15) is 5.03 Å². The first-order valence-electron chi connectivity index (χ1n) is 7.70. The number of carbonyl (C=O) groups excluding carboxylic acids is 2. The number of nitrogens with one attached hydrogen (secondary N) is 1. The molecule has 0 aliphatic carbocycles. The number of ether oxygens (including phenoxy) is 1. The number of aromatic nitrogens is 1. The van der Waals surface area contributed by atoms with Crippen LogP contribution in [0, 0.1) is 0 Å². The number of amides is 1. The number of hydrogen-bond donors (Lipinski definition) is 1. The largest absolute Gasteiger partial charge is 0.452 e. The second-order valence-electron chi connectivity index (χ2n) is 5.47. The molecule has 1 N–H and O–H groups in total. The van der Waals surface area contributed by atoms with Gasteiger partial charge in [-0.2, -0.15) is 0 Å². The molecule has 0 spiro atoms. The molecular weight excluding hydrogens is 338 g/mol. The number of nitrogens with zero attached hydrogens (tertiary/aromatic N) is 2. The number of thioether (sulfide) groups is 1. The first-order chi connectivity index (χ1) is 12.0. The molecule has 1 aromatic carbocycles. The Labute approximate surface area is 151 Å². The van der Waals surface area contributed by atoms with Crippen LogP contribution in [0.25, 0.3) is 0 Å². The summed E-state index contributed by atoms with van der Waals surface area (Å²) in [6.45, 7) is 0.0599. The normalized spacial score (nSPS) is 10.2. The fraction of sp³-hybridized carbons (Fsp3) is 0.278. The second-order valence-corrected chi connectivity index (χ2v) is 6.27. The van der Waals surface area contributed by atoms with Gasteiger partial charge >= 0.3 is 5.97 Å². The van der Waals surface area contributed by atoms with E-state index in [0.717, 1.165) is 11.3 Å². The molecule has 0 unspecified atom stereocenters. The molecule has 1 amide bonds. The van der Waals surface area contributed by atoms with E-state index in [4.69, 9.17) is 4.74 Å². The Morgan fingerprint density at radius 1 is 1.20 bits per heavy atom. The van der Waals surface area contributed by atoms with E-state index >= 15 is 0 Å². The van der Waals surface area contributed by atoms with Gasteiger partial charge in [-0.05, 0) is 36.1 Å². The Hall–Kier alpha value is -2.54. The number of rotatable bonds is 7. The third-order valence-electron chi connectivity index (χ3n) is 3.46. The lowest BCUT2D eigenvalue weighted by Crippen LogP contribution is -2.28. The van der Waals surface area contributed by atoms with Crippen LogP contribution in [0.4, 0.5) is 5.69 Å². The summed E-state index contributed by atoms with van der Waals surface area (Å²) in [5, 5.41) is 3.31. The fourth-order valence-corrected chi connectivity index (χ4v) is 2.62. The molecule has 2 rings (SSSR count). The second kappa shape index (κ2) is 9.08. The molecule has 0 saturated heterocycles. The van der Waals surface area contributed by atoms with Gasteiger partial charge in [-0.25, -0.2) is 9.78 Å². The topological polar surface area (TPSA) is 71.5 Å². The summed E-state index contributed by atoms with van der Waals surface area (Å²) >= 11 is 1.35. The maximum absolute atomic E-state index is 12.0. The molecule has 0 fully saturated rings. The van der Waals surface area contributed by atoms with E-state index in [1.165, 1.54) is 11.8 Å². The quantitative estimate of drug-likeness (QED) is 0.604. The van der Waals surface area contributed by atoms with Crippen molar-refractivity contribution in [1.29, 1.82) is 0 Å². The van der Waals surface area contributed by atoms with Gasteiger partial charge in [-0.15, -0.1) is 11.8 Å². The van der Waals surface area contributed by atoms with Crippen molar-refractivity contribution in [1.82, 2.24) is 10.3 Å². The number of pyridine rings is 1. The average Bonchev–Trinajstić information content (AvgIpc) is 2.64. The highest BCUT2D eigenvalue weighted by Gasteiger charge is 2.14. The molecule has 6 nitrogen and oxygen atoms in total. The maximum Gasteiger partial charge on any atom is 0.341 e. The standard InChI is InChI=1S/C18H21N3O3S/c1-21(2)14-8-6-13(7-9-14)11-20-16(22)12-24-18(23)15-5-4-10-19-17(15)25-3/h4-10H,11-12H2,1-3H3,(H,20,22). The van der Waals surface area contributed by atoms with Crippen LogP contribution in [-0.2, 0) is 16.1 Å². The van der Waals surface area contributed by atoms with Crippen molar-refractivity contribution in [2.45, 2.75) is 11.6 Å². The molecule has 2 aromatic rings. The van der Waals surface area contributed by atoms with Crippen LogP contribution in [0.3, 0.4) is 0 Å². The molecule has 0 radical (unpaired) electrons. The summed E-state index contributed by atoms with van der Waals surface area (Å²) in [7, 11) is 3.94. The highest BCUT2D eigenvalue weighted by atomic mass is 32.2. The predicted molar refractivity (Wildman–Crippen MR) is 98.9 cm³/mol. The summed E-state index contributed by atoms with van der Waals surface area (Å²) in [6, 6.07) is 11.1. The number of carbonyl (C=O) groups is 2. The Kier molecular flexibility index (Phi) is 6.82. The molecule has 7 heteroatoms. The van der Waals surface area contributed by atoms with Crippen molar-refractivity contribution >= 4 is 29.3 Å².